The van der Waals surface area contributed by atoms with Gasteiger partial charge < -0.3 is 24.8 Å². The smallest absolute Gasteiger partial charge is 1.00 e. The van der Waals surface area contributed by atoms with E-state index in [9.17, 15) is 0 Å². The van der Waals surface area contributed by atoms with Crippen LogP contribution in [0.2, 0.25) is 0 Å². The number of rotatable bonds is 3. The molecule has 0 saturated heterocycles. The van der Waals surface area contributed by atoms with E-state index in [0.717, 1.165) is 0 Å². The van der Waals surface area contributed by atoms with Crippen molar-refractivity contribution in [2.75, 3.05) is 0 Å². The van der Waals surface area contributed by atoms with E-state index in [1.54, 1.807) is 14.3 Å². The van der Waals surface area contributed by atoms with Gasteiger partial charge in [-0.05, 0) is 0 Å². The van der Waals surface area contributed by atoms with Crippen LogP contribution in [0.1, 0.15) is 48.9 Å². The van der Waals surface area contributed by atoms with Crippen LogP contribution < -0.4 is 24.8 Å². The summed E-state index contributed by atoms with van der Waals surface area (Å²) in [5, 5.41) is 0. The Bertz CT molecular complexity index is 1180. The molecule has 2 unspecified atom stereocenters. The molecule has 0 radical (unpaired) electrons. The summed E-state index contributed by atoms with van der Waals surface area (Å²) in [4.78, 5) is 0. The molecule has 3 aromatic rings. The van der Waals surface area contributed by atoms with Crippen LogP contribution in [-0.2, 0) is 21.3 Å². The molecule has 0 bridgehead atoms. The molecule has 0 aliphatic heterocycles. The third-order valence-electron chi connectivity index (χ3n) is 6.41. The van der Waals surface area contributed by atoms with Gasteiger partial charge in [-0.2, -0.15) is 0 Å². The van der Waals surface area contributed by atoms with Crippen molar-refractivity contribution in [3.05, 3.63) is 107 Å². The SMILES string of the molecule is C[C](C)=[Zr+2]([CH]1C=Cc2c(C)cccc21)[CH]1C=Cc2c(-c3ccccc3)cccc21.[Cl-].[Cl-]. The van der Waals surface area contributed by atoms with Crippen molar-refractivity contribution in [3.8, 4) is 11.1 Å². The molecule has 0 fully saturated rings. The Morgan fingerprint density at radius 3 is 1.90 bits per heavy atom. The first-order valence-electron chi connectivity index (χ1n) is 10.5. The predicted molar refractivity (Wildman–Crippen MR) is 123 cm³/mol. The van der Waals surface area contributed by atoms with Crippen LogP contribution in [0.25, 0.3) is 23.3 Å². The van der Waals surface area contributed by atoms with Crippen molar-refractivity contribution in [2.45, 2.75) is 28.0 Å². The average molecular weight is 525 g/mol. The third-order valence-corrected chi connectivity index (χ3v) is 15.0. The predicted octanol–water partition coefficient (Wildman–Crippen LogP) is 1.34. The molecule has 0 nitrogen and oxygen atoms in total. The fraction of sp³-hybridized carbons (Fsp3) is 0.179. The van der Waals surface area contributed by atoms with Crippen LogP contribution in [0, 0.1) is 6.92 Å². The Morgan fingerprint density at radius 1 is 0.677 bits per heavy atom. The number of aryl methyl sites for hydroxylation is 1. The number of hydrogen-bond acceptors (Lipinski definition) is 0. The minimum Gasteiger partial charge on any atom is -1.00 e. The molecule has 0 N–H and O–H groups in total. The molecular formula is C28H26Cl2Zr. The number of allylic oxidation sites excluding steroid dienone is 2. The number of halogens is 2. The van der Waals surface area contributed by atoms with E-state index in [0.29, 0.717) is 7.25 Å². The largest absolute Gasteiger partial charge is 1.00 e. The first kappa shape index (κ1) is 24.1. The van der Waals surface area contributed by atoms with Crippen molar-refractivity contribution in [2.24, 2.45) is 0 Å². The van der Waals surface area contributed by atoms with Gasteiger partial charge in [0.25, 0.3) is 0 Å². The van der Waals surface area contributed by atoms with Crippen molar-refractivity contribution in [3.63, 3.8) is 0 Å². The molecule has 0 heterocycles. The molecule has 0 saturated carbocycles. The number of benzene rings is 3. The van der Waals surface area contributed by atoms with Gasteiger partial charge in [-0.15, -0.1) is 0 Å². The molecule has 2 aliphatic rings. The zero-order valence-corrected chi connectivity index (χ0v) is 22.0. The maximum absolute atomic E-state index is 2.53. The van der Waals surface area contributed by atoms with Gasteiger partial charge in [-0.1, -0.05) is 0 Å². The Hall–Kier alpha value is -1.53. The summed E-state index contributed by atoms with van der Waals surface area (Å²) in [5.74, 6) is 0. The molecular weight excluding hydrogens is 498 g/mol. The topological polar surface area (TPSA) is 0 Å². The Kier molecular flexibility index (Phi) is 7.74. The standard InChI is InChI=1S/C15H11.C10H9.C3H6.2ClH.Zr/c1-2-6-12(7-3-1)14-10-4-8-13-9-5-11-15(13)14;1-8-4-2-5-9-6-3-7-10(8)9;1-3-2;;;/h1-11H;2-7H,1H3;1-2H3;2*1H;/q;;;;;+2/p-2. The molecule has 0 aromatic heterocycles. The first-order valence-corrected chi connectivity index (χ1v) is 14.5. The van der Waals surface area contributed by atoms with Gasteiger partial charge in [0.05, 0.1) is 0 Å². The Morgan fingerprint density at radius 2 is 1.26 bits per heavy atom. The van der Waals surface area contributed by atoms with Gasteiger partial charge in [0, 0.05) is 0 Å². The molecule has 2 aliphatic carbocycles. The molecule has 5 rings (SSSR count). The summed E-state index contributed by atoms with van der Waals surface area (Å²) in [7, 11) is 0. The van der Waals surface area contributed by atoms with Gasteiger partial charge in [-0.3, -0.25) is 0 Å². The second kappa shape index (κ2) is 9.95. The molecule has 31 heavy (non-hydrogen) atoms. The minimum absolute atomic E-state index is 0. The summed E-state index contributed by atoms with van der Waals surface area (Å²) >= 11 is -2.01. The second-order valence-electron chi connectivity index (χ2n) is 8.38. The van der Waals surface area contributed by atoms with E-state index in [4.69, 9.17) is 0 Å². The fourth-order valence-corrected chi connectivity index (χ4v) is 13.4. The Labute approximate surface area is 206 Å². The van der Waals surface area contributed by atoms with Crippen molar-refractivity contribution >= 4 is 15.4 Å². The second-order valence-corrected chi connectivity index (χ2v) is 16.1. The molecule has 156 valence electrons. The molecule has 2 atom stereocenters. The van der Waals surface area contributed by atoms with Gasteiger partial charge >= 0.3 is 182 Å². The molecule has 0 spiro atoms. The van der Waals surface area contributed by atoms with Gasteiger partial charge in [-0.25, -0.2) is 0 Å². The van der Waals surface area contributed by atoms with Crippen molar-refractivity contribution < 1.29 is 46.1 Å². The van der Waals surface area contributed by atoms with Crippen LogP contribution in [-0.4, -0.2) is 3.21 Å². The quantitative estimate of drug-likeness (QED) is 0.485. The van der Waals surface area contributed by atoms with Gasteiger partial charge in [0.15, 0.2) is 0 Å². The minimum atomic E-state index is -2.01. The van der Waals surface area contributed by atoms with Crippen LogP contribution in [0.3, 0.4) is 0 Å². The molecule has 3 aromatic carbocycles. The summed E-state index contributed by atoms with van der Waals surface area (Å²) in [6.07, 6.45) is 9.84. The monoisotopic (exact) mass is 522 g/mol. The maximum atomic E-state index is 2.53. The maximum Gasteiger partial charge on any atom is -1.00 e. The van der Waals surface area contributed by atoms with E-state index in [-0.39, 0.29) is 24.8 Å². The first-order chi connectivity index (χ1) is 14.1. The normalized spacial score (nSPS) is 17.1. The summed E-state index contributed by atoms with van der Waals surface area (Å²) in [5.41, 5.74) is 10.1. The van der Waals surface area contributed by atoms with E-state index in [1.165, 1.54) is 27.8 Å². The Balaban J connectivity index is 0.00000136. The fourth-order valence-electron chi connectivity index (χ4n) is 5.06. The van der Waals surface area contributed by atoms with E-state index in [1.807, 2.05) is 0 Å². The third kappa shape index (κ3) is 4.26. The van der Waals surface area contributed by atoms with Gasteiger partial charge in [0.2, 0.25) is 0 Å². The van der Waals surface area contributed by atoms with Crippen LogP contribution in [0.4, 0.5) is 0 Å². The van der Waals surface area contributed by atoms with Crippen LogP contribution in [0.5, 0.6) is 0 Å². The van der Waals surface area contributed by atoms with E-state index < -0.39 is 21.3 Å². The summed E-state index contributed by atoms with van der Waals surface area (Å²) < 4.78 is 2.95. The summed E-state index contributed by atoms with van der Waals surface area (Å²) in [6, 6.07) is 24.6. The van der Waals surface area contributed by atoms with Crippen LogP contribution in [0.15, 0.2) is 78.9 Å². The van der Waals surface area contributed by atoms with Gasteiger partial charge in [0.1, 0.15) is 0 Å². The van der Waals surface area contributed by atoms with E-state index >= 15 is 0 Å². The van der Waals surface area contributed by atoms with Crippen LogP contribution >= 0.6 is 0 Å². The van der Waals surface area contributed by atoms with Crippen molar-refractivity contribution in [1.29, 1.82) is 0 Å². The van der Waals surface area contributed by atoms with Crippen molar-refractivity contribution in [1.82, 2.24) is 0 Å². The number of hydrogen-bond donors (Lipinski definition) is 0. The summed E-state index contributed by atoms with van der Waals surface area (Å²) in [6.45, 7) is 7.03. The average Bonchev–Trinajstić information content (AvgIpc) is 3.35. The zero-order chi connectivity index (χ0) is 20.0. The zero-order valence-electron chi connectivity index (χ0n) is 18.1. The molecule has 0 amide bonds. The van der Waals surface area contributed by atoms with E-state index in [2.05, 4.69) is 112 Å². The number of fused-ring (bicyclic) bond motifs is 2. The molecule has 3 heteroatoms.